The van der Waals surface area contributed by atoms with Crippen LogP contribution in [-0.4, -0.2) is 27.8 Å². The molecular weight excluding hydrogens is 400 g/mol. The Bertz CT molecular complexity index is 1200. The fourth-order valence-corrected chi connectivity index (χ4v) is 3.43. The second kappa shape index (κ2) is 8.79. The Kier molecular flexibility index (Phi) is 5.76. The van der Waals surface area contributed by atoms with Crippen LogP contribution in [0.1, 0.15) is 6.92 Å². The van der Waals surface area contributed by atoms with Crippen LogP contribution >= 0.6 is 11.8 Å². The summed E-state index contributed by atoms with van der Waals surface area (Å²) < 4.78 is 5.69. The summed E-state index contributed by atoms with van der Waals surface area (Å²) in [6.45, 7) is 1.44. The van der Waals surface area contributed by atoms with Crippen molar-refractivity contribution in [3.63, 3.8) is 0 Å². The fourth-order valence-electron chi connectivity index (χ4n) is 2.87. The smallest absolute Gasteiger partial charge is 0.277 e. The zero-order valence-corrected chi connectivity index (χ0v) is 16.9. The van der Waals surface area contributed by atoms with Gasteiger partial charge in [0.05, 0.1) is 5.75 Å². The van der Waals surface area contributed by atoms with Gasteiger partial charge in [-0.05, 0) is 47.2 Å². The fraction of sp³-hybridized carbons (Fsp3) is 0.0909. The van der Waals surface area contributed by atoms with Crippen molar-refractivity contribution < 1.29 is 14.0 Å². The number of carbonyl (C=O) groups is 2. The van der Waals surface area contributed by atoms with Crippen LogP contribution in [0.15, 0.2) is 76.4 Å². The molecule has 0 aliphatic heterocycles. The van der Waals surface area contributed by atoms with Gasteiger partial charge in [0, 0.05) is 23.9 Å². The number of benzene rings is 3. The Hall–Kier alpha value is -3.65. The molecule has 0 aliphatic rings. The molecule has 2 amide bonds. The lowest BCUT2D eigenvalue weighted by molar-refractivity contribution is -0.114. The van der Waals surface area contributed by atoms with Gasteiger partial charge in [-0.3, -0.25) is 9.59 Å². The summed E-state index contributed by atoms with van der Waals surface area (Å²) >= 11 is 1.17. The first-order valence-corrected chi connectivity index (χ1v) is 10.2. The van der Waals surface area contributed by atoms with Crippen molar-refractivity contribution in [2.24, 2.45) is 0 Å². The van der Waals surface area contributed by atoms with Crippen LogP contribution in [0.4, 0.5) is 11.4 Å². The van der Waals surface area contributed by atoms with Crippen molar-refractivity contribution in [3.8, 4) is 11.5 Å². The summed E-state index contributed by atoms with van der Waals surface area (Å²) in [4.78, 5) is 23.2. The molecule has 3 aromatic carbocycles. The Morgan fingerprint density at radius 2 is 1.60 bits per heavy atom. The van der Waals surface area contributed by atoms with Crippen molar-refractivity contribution in [2.75, 3.05) is 16.4 Å². The van der Waals surface area contributed by atoms with E-state index in [0.29, 0.717) is 22.5 Å². The monoisotopic (exact) mass is 418 g/mol. The quantitative estimate of drug-likeness (QED) is 0.445. The number of nitrogens with one attached hydrogen (secondary N) is 2. The van der Waals surface area contributed by atoms with Gasteiger partial charge in [0.25, 0.3) is 5.22 Å². The highest BCUT2D eigenvalue weighted by Gasteiger charge is 2.12. The number of amides is 2. The number of fused-ring (bicyclic) bond motifs is 1. The van der Waals surface area contributed by atoms with Crippen LogP contribution in [0.2, 0.25) is 0 Å². The first kappa shape index (κ1) is 19.7. The predicted octanol–water partition coefficient (Wildman–Crippen LogP) is 4.58. The Morgan fingerprint density at radius 1 is 0.900 bits per heavy atom. The topological polar surface area (TPSA) is 97.1 Å². The van der Waals surface area contributed by atoms with Crippen molar-refractivity contribution in [2.45, 2.75) is 12.1 Å². The van der Waals surface area contributed by atoms with Gasteiger partial charge in [0.15, 0.2) is 0 Å². The lowest BCUT2D eigenvalue weighted by Crippen LogP contribution is -2.14. The van der Waals surface area contributed by atoms with Crippen molar-refractivity contribution in [1.82, 2.24) is 10.2 Å². The molecule has 0 unspecified atom stereocenters. The Balaban J connectivity index is 1.34. The van der Waals surface area contributed by atoms with Gasteiger partial charge in [0.2, 0.25) is 17.7 Å². The van der Waals surface area contributed by atoms with E-state index in [1.165, 1.54) is 18.7 Å². The summed E-state index contributed by atoms with van der Waals surface area (Å²) in [5, 5.41) is 16.1. The third kappa shape index (κ3) is 4.84. The number of nitrogens with zero attached hydrogens (tertiary/aromatic N) is 2. The SMILES string of the molecule is CC(=O)Nc1ccc(NC(=O)CSc2nnc(-c3ccc4ccccc4c3)o2)cc1. The minimum absolute atomic E-state index is 0.132. The number of rotatable bonds is 6. The van der Waals surface area contributed by atoms with E-state index in [-0.39, 0.29) is 17.6 Å². The normalized spacial score (nSPS) is 10.7. The number of hydrogen-bond donors (Lipinski definition) is 2. The van der Waals surface area contributed by atoms with Crippen molar-refractivity contribution in [3.05, 3.63) is 66.7 Å². The van der Waals surface area contributed by atoms with E-state index >= 15 is 0 Å². The number of anilines is 2. The van der Waals surface area contributed by atoms with Gasteiger partial charge in [-0.1, -0.05) is 42.1 Å². The first-order valence-electron chi connectivity index (χ1n) is 9.20. The minimum Gasteiger partial charge on any atom is -0.411 e. The summed E-state index contributed by atoms with van der Waals surface area (Å²) in [5.41, 5.74) is 2.13. The maximum Gasteiger partial charge on any atom is 0.277 e. The Morgan fingerprint density at radius 3 is 2.33 bits per heavy atom. The average Bonchev–Trinajstić information content (AvgIpc) is 3.22. The molecule has 1 aromatic heterocycles. The van der Waals surface area contributed by atoms with E-state index in [4.69, 9.17) is 4.42 Å². The highest BCUT2D eigenvalue weighted by Crippen LogP contribution is 2.26. The molecule has 0 bridgehead atoms. The molecule has 0 saturated heterocycles. The van der Waals surface area contributed by atoms with E-state index < -0.39 is 0 Å². The summed E-state index contributed by atoms with van der Waals surface area (Å²) in [6.07, 6.45) is 0. The molecule has 0 atom stereocenters. The van der Waals surface area contributed by atoms with Gasteiger partial charge in [-0.25, -0.2) is 0 Å². The predicted molar refractivity (Wildman–Crippen MR) is 117 cm³/mol. The third-order valence-corrected chi connectivity index (χ3v) is 5.04. The number of carbonyl (C=O) groups excluding carboxylic acids is 2. The maximum atomic E-state index is 12.2. The highest BCUT2D eigenvalue weighted by atomic mass is 32.2. The van der Waals surface area contributed by atoms with E-state index in [0.717, 1.165) is 16.3 Å². The van der Waals surface area contributed by atoms with Gasteiger partial charge in [-0.2, -0.15) is 0 Å². The van der Waals surface area contributed by atoms with Crippen molar-refractivity contribution in [1.29, 1.82) is 0 Å². The zero-order valence-electron chi connectivity index (χ0n) is 16.1. The standard InChI is InChI=1S/C22H18N4O3S/c1-14(27)23-18-8-10-19(11-9-18)24-20(28)13-30-22-26-25-21(29-22)17-7-6-15-4-2-3-5-16(15)12-17/h2-12H,13H2,1H3,(H,23,27)(H,24,28). The Labute approximate surface area is 176 Å². The minimum atomic E-state index is -0.197. The molecule has 0 radical (unpaired) electrons. The molecule has 0 fully saturated rings. The number of aromatic nitrogens is 2. The summed E-state index contributed by atoms with van der Waals surface area (Å²) in [7, 11) is 0. The molecule has 0 aliphatic carbocycles. The molecule has 1 heterocycles. The van der Waals surface area contributed by atoms with E-state index in [1.807, 2.05) is 42.5 Å². The molecular formula is C22H18N4O3S. The average molecular weight is 418 g/mol. The lowest BCUT2D eigenvalue weighted by Gasteiger charge is -2.06. The second-order valence-electron chi connectivity index (χ2n) is 6.53. The summed E-state index contributed by atoms with van der Waals surface area (Å²) in [5.74, 6) is 0.202. The largest absolute Gasteiger partial charge is 0.411 e. The summed E-state index contributed by atoms with van der Waals surface area (Å²) in [6, 6.07) is 20.9. The van der Waals surface area contributed by atoms with E-state index in [9.17, 15) is 9.59 Å². The van der Waals surface area contributed by atoms with Crippen molar-refractivity contribution >= 4 is 45.7 Å². The molecule has 150 valence electrons. The van der Waals surface area contributed by atoms with Gasteiger partial charge in [0.1, 0.15) is 0 Å². The van der Waals surface area contributed by atoms with Crippen LogP contribution in [0.3, 0.4) is 0 Å². The highest BCUT2D eigenvalue weighted by molar-refractivity contribution is 7.99. The molecule has 30 heavy (non-hydrogen) atoms. The maximum absolute atomic E-state index is 12.2. The van der Waals surface area contributed by atoms with Crippen LogP contribution in [0, 0.1) is 0 Å². The van der Waals surface area contributed by atoms with Crippen LogP contribution in [-0.2, 0) is 9.59 Å². The zero-order chi connectivity index (χ0) is 20.9. The molecule has 2 N–H and O–H groups in total. The van der Waals surface area contributed by atoms with E-state index in [1.54, 1.807) is 24.3 Å². The van der Waals surface area contributed by atoms with E-state index in [2.05, 4.69) is 20.8 Å². The van der Waals surface area contributed by atoms with Gasteiger partial charge >= 0.3 is 0 Å². The first-order chi connectivity index (χ1) is 14.6. The number of hydrogen-bond acceptors (Lipinski definition) is 6. The van der Waals surface area contributed by atoms with Crippen LogP contribution in [0.25, 0.3) is 22.2 Å². The van der Waals surface area contributed by atoms with Gasteiger partial charge < -0.3 is 15.1 Å². The second-order valence-corrected chi connectivity index (χ2v) is 7.46. The molecule has 8 heteroatoms. The lowest BCUT2D eigenvalue weighted by atomic mass is 10.1. The molecule has 7 nitrogen and oxygen atoms in total. The molecule has 0 saturated carbocycles. The number of thioether (sulfide) groups is 1. The van der Waals surface area contributed by atoms with Crippen LogP contribution in [0.5, 0.6) is 0 Å². The molecule has 4 aromatic rings. The van der Waals surface area contributed by atoms with Crippen LogP contribution < -0.4 is 10.6 Å². The molecule has 0 spiro atoms. The third-order valence-electron chi connectivity index (χ3n) is 4.22. The van der Waals surface area contributed by atoms with Gasteiger partial charge in [-0.15, -0.1) is 10.2 Å². The molecule has 4 rings (SSSR count).